The van der Waals surface area contributed by atoms with E-state index in [4.69, 9.17) is 13.5 Å². The van der Waals surface area contributed by atoms with Crippen molar-refractivity contribution < 1.29 is 27.0 Å². The Morgan fingerprint density at radius 1 is 1.36 bits per heavy atom. The summed E-state index contributed by atoms with van der Waals surface area (Å²) < 4.78 is 42.8. The lowest BCUT2D eigenvalue weighted by atomic mass is 9.53. The predicted octanol–water partition coefficient (Wildman–Crippen LogP) is 1.03. The van der Waals surface area contributed by atoms with Gasteiger partial charge in [-0.25, -0.2) is 4.18 Å². The third-order valence-corrected chi connectivity index (χ3v) is 6.83. The third-order valence-electron chi connectivity index (χ3n) is 6.36. The van der Waals surface area contributed by atoms with Crippen LogP contribution in [0.2, 0.25) is 0 Å². The monoisotopic (exact) mass is 365 g/mol. The van der Waals surface area contributed by atoms with Crippen LogP contribution < -0.4 is 4.74 Å². The van der Waals surface area contributed by atoms with Crippen LogP contribution in [0.4, 0.5) is 0 Å². The first-order chi connectivity index (χ1) is 11.8. The molecule has 4 aliphatic rings. The molecule has 1 saturated heterocycles. The molecule has 2 aliphatic carbocycles. The summed E-state index contributed by atoms with van der Waals surface area (Å²) in [4.78, 5) is 2.33. The Balaban J connectivity index is 1.74. The first kappa shape index (κ1) is 15.6. The second kappa shape index (κ2) is 4.76. The van der Waals surface area contributed by atoms with Gasteiger partial charge in [0.1, 0.15) is 12.2 Å². The molecule has 2 aliphatic heterocycles. The lowest BCUT2D eigenvalue weighted by Crippen LogP contribution is -2.65. The van der Waals surface area contributed by atoms with Gasteiger partial charge < -0.3 is 14.7 Å². The molecule has 8 heteroatoms. The molecule has 2 N–H and O–H groups in total. The molecule has 5 rings (SSSR count). The van der Waals surface area contributed by atoms with Crippen LogP contribution in [-0.4, -0.2) is 54.8 Å². The number of hydrogen-bond acceptors (Lipinski definition) is 6. The van der Waals surface area contributed by atoms with E-state index in [0.29, 0.717) is 5.75 Å². The summed E-state index contributed by atoms with van der Waals surface area (Å²) in [6, 6.07) is 3.84. The molecule has 0 radical (unpaired) electrons. The molecule has 0 amide bonds. The highest BCUT2D eigenvalue weighted by Crippen LogP contribution is 2.62. The number of phenols is 1. The average molecular weight is 365 g/mol. The third kappa shape index (κ3) is 1.93. The number of benzene rings is 1. The maximum Gasteiger partial charge on any atom is 0.398 e. The van der Waals surface area contributed by atoms with Gasteiger partial charge in [-0.15, -0.1) is 0 Å². The molecule has 1 unspecified atom stereocenters. The number of likely N-dealkylation sites (tertiary alicyclic amines) is 1. The number of ether oxygens (including phenoxy) is 1. The highest BCUT2D eigenvalue weighted by atomic mass is 32.3. The molecule has 7 nitrogen and oxygen atoms in total. The molecule has 1 aromatic rings. The van der Waals surface area contributed by atoms with Gasteiger partial charge >= 0.3 is 10.4 Å². The summed E-state index contributed by atoms with van der Waals surface area (Å²) in [5.74, 6) is 0.639. The summed E-state index contributed by atoms with van der Waals surface area (Å²) >= 11 is 0. The smallest absolute Gasteiger partial charge is 0.398 e. The van der Waals surface area contributed by atoms with Crippen LogP contribution in [-0.2, 0) is 26.4 Å². The van der Waals surface area contributed by atoms with Gasteiger partial charge in [-0.1, -0.05) is 18.2 Å². The van der Waals surface area contributed by atoms with Gasteiger partial charge in [-0.05, 0) is 38.1 Å². The first-order valence-corrected chi connectivity index (χ1v) is 9.74. The van der Waals surface area contributed by atoms with Gasteiger partial charge in [-0.3, -0.25) is 4.55 Å². The fourth-order valence-corrected chi connectivity index (χ4v) is 5.89. The number of phenolic OH excluding ortho intramolecular Hbond substituents is 1. The molecule has 2 bridgehead atoms. The molecule has 5 atom stereocenters. The first-order valence-electron chi connectivity index (χ1n) is 8.37. The zero-order valence-corrected chi connectivity index (χ0v) is 14.4. The summed E-state index contributed by atoms with van der Waals surface area (Å²) in [6.45, 7) is 0.849. The van der Waals surface area contributed by atoms with Crippen molar-refractivity contribution >= 4 is 10.4 Å². The Bertz CT molecular complexity index is 897. The van der Waals surface area contributed by atoms with Crippen molar-refractivity contribution in [3.8, 4) is 11.5 Å². The van der Waals surface area contributed by atoms with E-state index in [-0.39, 0.29) is 17.7 Å². The number of aromatic hydroxyl groups is 1. The number of piperidine rings is 1. The van der Waals surface area contributed by atoms with Crippen molar-refractivity contribution in [1.29, 1.82) is 0 Å². The van der Waals surface area contributed by atoms with Crippen molar-refractivity contribution in [1.82, 2.24) is 4.90 Å². The largest absolute Gasteiger partial charge is 0.504 e. The number of rotatable bonds is 2. The summed E-state index contributed by atoms with van der Waals surface area (Å²) in [5, 5.41) is 10.3. The molecule has 2 heterocycles. The van der Waals surface area contributed by atoms with Crippen LogP contribution in [0, 0.1) is 5.92 Å². The van der Waals surface area contributed by atoms with Crippen molar-refractivity contribution in [2.24, 2.45) is 5.92 Å². The minimum atomic E-state index is -4.61. The second-order valence-electron chi connectivity index (χ2n) is 7.43. The Hall–Kier alpha value is -1.61. The van der Waals surface area contributed by atoms with E-state index < -0.39 is 28.0 Å². The highest BCUT2D eigenvalue weighted by molar-refractivity contribution is 7.80. The van der Waals surface area contributed by atoms with Gasteiger partial charge in [-0.2, -0.15) is 8.42 Å². The highest BCUT2D eigenvalue weighted by Gasteiger charge is 2.65. The maximum atomic E-state index is 11.3. The lowest BCUT2D eigenvalue weighted by molar-refractivity contribution is -0.0389. The Morgan fingerprint density at radius 2 is 2.16 bits per heavy atom. The molecule has 25 heavy (non-hydrogen) atoms. The Morgan fingerprint density at radius 3 is 2.92 bits per heavy atom. The molecule has 1 fully saturated rings. The average Bonchev–Trinajstić information content (AvgIpc) is 2.88. The minimum absolute atomic E-state index is 0.0595. The number of nitrogens with zero attached hydrogens (tertiary/aromatic N) is 1. The van der Waals surface area contributed by atoms with E-state index in [1.165, 1.54) is 0 Å². The van der Waals surface area contributed by atoms with E-state index in [1.807, 2.05) is 12.1 Å². The van der Waals surface area contributed by atoms with E-state index in [1.54, 1.807) is 12.1 Å². The van der Waals surface area contributed by atoms with Gasteiger partial charge in [0.05, 0.1) is 0 Å². The van der Waals surface area contributed by atoms with Crippen molar-refractivity contribution in [2.45, 2.75) is 36.5 Å². The molecular formula is C17H19NO6S. The zero-order valence-electron chi connectivity index (χ0n) is 13.6. The van der Waals surface area contributed by atoms with Crippen LogP contribution in [0.25, 0.3) is 0 Å². The van der Waals surface area contributed by atoms with Gasteiger partial charge in [0, 0.05) is 22.9 Å². The fourth-order valence-electron chi connectivity index (χ4n) is 5.44. The van der Waals surface area contributed by atoms with Crippen LogP contribution in [0.15, 0.2) is 24.3 Å². The lowest BCUT2D eigenvalue weighted by Gasteiger charge is -2.56. The Labute approximate surface area is 145 Å². The van der Waals surface area contributed by atoms with Gasteiger partial charge in [0.2, 0.25) is 0 Å². The summed E-state index contributed by atoms with van der Waals surface area (Å²) in [5.41, 5.74) is 1.67. The molecule has 0 aromatic heterocycles. The van der Waals surface area contributed by atoms with Crippen molar-refractivity contribution in [2.75, 3.05) is 13.6 Å². The number of likely N-dealkylation sites (N-methyl/N-ethyl adjacent to an activating group) is 1. The van der Waals surface area contributed by atoms with Gasteiger partial charge in [0.15, 0.2) is 11.5 Å². The van der Waals surface area contributed by atoms with E-state index in [0.717, 1.165) is 30.5 Å². The van der Waals surface area contributed by atoms with Crippen LogP contribution in [0.1, 0.15) is 17.5 Å². The van der Waals surface area contributed by atoms with E-state index in [2.05, 4.69) is 11.9 Å². The quantitative estimate of drug-likeness (QED) is 0.597. The standard InChI is InChI=1S/C17H19NO6S/c1-18-7-6-17-10-3-5-13(24-25(20,21)22)16(17)23-15-12(19)4-2-9(14(15)17)8-11(10)18/h2-5,10-11,13,16,19H,6-8H2,1H3,(H,20,21,22)/t10?,11-,13+,16+,17+/m1/s1. The maximum absolute atomic E-state index is 11.3. The van der Waals surface area contributed by atoms with Crippen molar-refractivity contribution in [3.05, 3.63) is 35.4 Å². The second-order valence-corrected chi connectivity index (χ2v) is 8.48. The molecule has 134 valence electrons. The minimum Gasteiger partial charge on any atom is -0.504 e. The van der Waals surface area contributed by atoms with E-state index in [9.17, 15) is 13.5 Å². The van der Waals surface area contributed by atoms with Crippen LogP contribution in [0.5, 0.6) is 11.5 Å². The normalized spacial score (nSPS) is 38.3. The Kier molecular flexibility index (Phi) is 2.98. The molecular weight excluding hydrogens is 346 g/mol. The number of hydrogen-bond donors (Lipinski definition) is 2. The van der Waals surface area contributed by atoms with Crippen LogP contribution >= 0.6 is 0 Å². The van der Waals surface area contributed by atoms with Crippen molar-refractivity contribution in [3.63, 3.8) is 0 Å². The van der Waals surface area contributed by atoms with E-state index >= 15 is 0 Å². The topological polar surface area (TPSA) is 96.3 Å². The van der Waals surface area contributed by atoms with Crippen LogP contribution in [0.3, 0.4) is 0 Å². The molecule has 1 aromatic carbocycles. The summed E-state index contributed by atoms with van der Waals surface area (Å²) in [7, 11) is -2.51. The van der Waals surface area contributed by atoms with Gasteiger partial charge in [0.25, 0.3) is 0 Å². The molecule has 0 saturated carbocycles. The zero-order chi connectivity index (χ0) is 17.6. The SMILES string of the molecule is CN1CC[C@]23c4c5ccc(O)c4O[C@H]2[C@@H](OS(=O)(=O)O)C=CC3[C@H]1C5. The summed E-state index contributed by atoms with van der Waals surface area (Å²) in [6.07, 6.45) is 3.78. The molecule has 1 spiro atoms. The predicted molar refractivity (Wildman–Crippen MR) is 88.0 cm³/mol. The fraction of sp³-hybridized carbons (Fsp3) is 0.529.